The lowest BCUT2D eigenvalue weighted by Gasteiger charge is -1.92. The lowest BCUT2D eigenvalue weighted by Crippen LogP contribution is -2.21. The van der Waals surface area contributed by atoms with E-state index in [4.69, 9.17) is 23.2 Å². The van der Waals surface area contributed by atoms with Gasteiger partial charge in [0.05, 0.1) is 10.8 Å². The van der Waals surface area contributed by atoms with E-state index in [2.05, 4.69) is 29.9 Å². The van der Waals surface area contributed by atoms with Crippen LogP contribution in [-0.4, -0.2) is 29.9 Å². The molecule has 4 N–H and O–H groups in total. The maximum absolute atomic E-state index is 11.0. The number of aromatic nitrogens is 6. The first-order valence-electron chi connectivity index (χ1n) is 6.00. The number of nitrogens with zero attached hydrogens (tertiary/aromatic N) is 2. The molecular weight excluding hydrogens is 331 g/mol. The molecule has 0 atom stereocenters. The van der Waals surface area contributed by atoms with Gasteiger partial charge in [-0.1, -0.05) is 11.6 Å². The van der Waals surface area contributed by atoms with Crippen LogP contribution < -0.4 is 11.2 Å². The second kappa shape index (κ2) is 5.66. The van der Waals surface area contributed by atoms with Crippen LogP contribution in [0.1, 0.15) is 0 Å². The van der Waals surface area contributed by atoms with Gasteiger partial charge in [0.25, 0.3) is 5.56 Å². The molecule has 0 spiro atoms. The van der Waals surface area contributed by atoms with Crippen LogP contribution in [0.15, 0.2) is 34.1 Å². The van der Waals surface area contributed by atoms with Crippen LogP contribution in [0.3, 0.4) is 0 Å². The summed E-state index contributed by atoms with van der Waals surface area (Å²) < 4.78 is 0. The van der Waals surface area contributed by atoms with Crippen molar-refractivity contribution in [3.05, 3.63) is 55.8 Å². The van der Waals surface area contributed by atoms with E-state index in [9.17, 15) is 9.59 Å². The Balaban J connectivity index is 0.000000131. The SMILES string of the molecule is Clc1nc(Cl)c2cc[nH]c2n1.O=c1[nH]c(=O)c2cc[nH]c2[nH]1. The molecule has 0 aliphatic carbocycles. The number of hydrogen-bond donors (Lipinski definition) is 4. The first-order chi connectivity index (χ1) is 10.5. The van der Waals surface area contributed by atoms with Gasteiger partial charge in [-0.2, -0.15) is 4.98 Å². The Morgan fingerprint density at radius 3 is 2.45 bits per heavy atom. The van der Waals surface area contributed by atoms with E-state index in [0.29, 0.717) is 21.8 Å². The van der Waals surface area contributed by atoms with Crippen molar-refractivity contribution in [1.29, 1.82) is 0 Å². The van der Waals surface area contributed by atoms with Crippen LogP contribution in [-0.2, 0) is 0 Å². The minimum atomic E-state index is -0.495. The molecule has 0 aliphatic rings. The Bertz CT molecular complexity index is 1060. The molecule has 22 heavy (non-hydrogen) atoms. The van der Waals surface area contributed by atoms with Crippen LogP contribution >= 0.6 is 23.2 Å². The molecule has 0 aromatic carbocycles. The molecule has 0 aliphatic heterocycles. The van der Waals surface area contributed by atoms with Crippen molar-refractivity contribution in [2.75, 3.05) is 0 Å². The minimum Gasteiger partial charge on any atom is -0.347 e. The highest BCUT2D eigenvalue weighted by Gasteiger charge is 2.03. The zero-order chi connectivity index (χ0) is 15.7. The number of H-pyrrole nitrogens is 4. The summed E-state index contributed by atoms with van der Waals surface area (Å²) in [5.74, 6) is 0. The standard InChI is InChI=1S/C6H3Cl2N3.C6H5N3O2/c7-4-3-1-2-9-5(3)11-6(8)10-4;10-5-3-1-2-7-4(3)8-6(11)9-5/h1-2H,(H,9,10,11);1-2H,(H3,7,8,9,10,11). The van der Waals surface area contributed by atoms with Gasteiger partial charge in [-0.25, -0.2) is 9.78 Å². The molecule has 4 aromatic heterocycles. The minimum absolute atomic E-state index is 0.157. The lowest BCUT2D eigenvalue weighted by molar-refractivity contribution is 1.07. The fraction of sp³-hybridized carbons (Fsp3) is 0. The average molecular weight is 339 g/mol. The summed E-state index contributed by atoms with van der Waals surface area (Å²) in [4.78, 5) is 39.5. The van der Waals surface area contributed by atoms with Crippen molar-refractivity contribution in [2.24, 2.45) is 0 Å². The second-order valence-electron chi connectivity index (χ2n) is 4.20. The molecule has 0 unspecified atom stereocenters. The molecule has 8 nitrogen and oxygen atoms in total. The first-order valence-corrected chi connectivity index (χ1v) is 6.76. The predicted octanol–water partition coefficient (Wildman–Crippen LogP) is 1.81. The van der Waals surface area contributed by atoms with Crippen LogP contribution in [0.5, 0.6) is 0 Å². The van der Waals surface area contributed by atoms with Gasteiger partial charge in [-0.15, -0.1) is 0 Å². The van der Waals surface area contributed by atoms with Gasteiger partial charge in [0.2, 0.25) is 5.28 Å². The summed E-state index contributed by atoms with van der Waals surface area (Å²) in [6, 6.07) is 3.40. The van der Waals surface area contributed by atoms with Crippen molar-refractivity contribution in [2.45, 2.75) is 0 Å². The van der Waals surface area contributed by atoms with E-state index in [1.54, 1.807) is 24.5 Å². The summed E-state index contributed by atoms with van der Waals surface area (Å²) >= 11 is 11.3. The van der Waals surface area contributed by atoms with Gasteiger partial charge in [-0.05, 0) is 23.7 Å². The zero-order valence-corrected chi connectivity index (χ0v) is 12.3. The van der Waals surface area contributed by atoms with Gasteiger partial charge < -0.3 is 9.97 Å². The maximum Gasteiger partial charge on any atom is 0.327 e. The second-order valence-corrected chi connectivity index (χ2v) is 4.89. The quantitative estimate of drug-likeness (QED) is 0.288. The molecule has 4 aromatic rings. The van der Waals surface area contributed by atoms with Crippen molar-refractivity contribution < 1.29 is 0 Å². The number of aromatic amines is 4. The third-order valence-electron chi connectivity index (χ3n) is 2.80. The summed E-state index contributed by atoms with van der Waals surface area (Å²) in [5, 5.41) is 1.78. The van der Waals surface area contributed by atoms with Crippen molar-refractivity contribution in [1.82, 2.24) is 29.9 Å². The van der Waals surface area contributed by atoms with E-state index in [-0.39, 0.29) is 10.8 Å². The number of fused-ring (bicyclic) bond motifs is 2. The molecule has 0 saturated carbocycles. The van der Waals surface area contributed by atoms with E-state index >= 15 is 0 Å². The molecule has 0 saturated heterocycles. The third-order valence-corrected chi connectivity index (χ3v) is 3.26. The summed E-state index contributed by atoms with van der Waals surface area (Å²) in [6.45, 7) is 0. The summed E-state index contributed by atoms with van der Waals surface area (Å²) in [7, 11) is 0. The summed E-state index contributed by atoms with van der Waals surface area (Å²) in [6.07, 6.45) is 3.33. The van der Waals surface area contributed by atoms with Crippen molar-refractivity contribution >= 4 is 45.3 Å². The fourth-order valence-corrected chi connectivity index (χ4v) is 2.30. The molecule has 0 amide bonds. The Kier molecular flexibility index (Phi) is 3.70. The van der Waals surface area contributed by atoms with Crippen molar-refractivity contribution in [3.8, 4) is 0 Å². The Morgan fingerprint density at radius 1 is 0.909 bits per heavy atom. The highest BCUT2D eigenvalue weighted by molar-refractivity contribution is 6.35. The smallest absolute Gasteiger partial charge is 0.327 e. The van der Waals surface area contributed by atoms with Crippen molar-refractivity contribution in [3.63, 3.8) is 0 Å². The van der Waals surface area contributed by atoms with Crippen LogP contribution in [0.25, 0.3) is 22.1 Å². The molecule has 0 bridgehead atoms. The van der Waals surface area contributed by atoms with E-state index in [0.717, 1.165) is 5.39 Å². The number of hydrogen-bond acceptors (Lipinski definition) is 4. The van der Waals surface area contributed by atoms with Gasteiger partial charge >= 0.3 is 5.69 Å². The monoisotopic (exact) mass is 338 g/mol. The van der Waals surface area contributed by atoms with Gasteiger partial charge in [0.15, 0.2) is 0 Å². The average Bonchev–Trinajstić information content (AvgIpc) is 3.07. The van der Waals surface area contributed by atoms with Crippen LogP contribution in [0, 0.1) is 0 Å². The fourth-order valence-electron chi connectivity index (χ4n) is 1.86. The van der Waals surface area contributed by atoms with Gasteiger partial charge in [0, 0.05) is 12.4 Å². The first kappa shape index (κ1) is 14.4. The molecule has 4 rings (SSSR count). The molecule has 4 heterocycles. The number of rotatable bonds is 0. The number of nitrogens with one attached hydrogen (secondary N) is 4. The topological polar surface area (TPSA) is 123 Å². The van der Waals surface area contributed by atoms with Gasteiger partial charge in [-0.3, -0.25) is 14.8 Å². The third kappa shape index (κ3) is 2.74. The van der Waals surface area contributed by atoms with Crippen LogP contribution in [0.4, 0.5) is 0 Å². The molecule has 112 valence electrons. The number of halogens is 2. The van der Waals surface area contributed by atoms with E-state index < -0.39 is 5.69 Å². The molecule has 0 fully saturated rings. The Morgan fingerprint density at radius 2 is 1.64 bits per heavy atom. The normalized spacial score (nSPS) is 10.6. The zero-order valence-electron chi connectivity index (χ0n) is 10.8. The summed E-state index contributed by atoms with van der Waals surface area (Å²) in [5.41, 5.74) is 0.253. The largest absolute Gasteiger partial charge is 0.347 e. The van der Waals surface area contributed by atoms with E-state index in [1.807, 2.05) is 0 Å². The maximum atomic E-state index is 11.0. The van der Waals surface area contributed by atoms with Gasteiger partial charge in [0.1, 0.15) is 16.4 Å². The van der Waals surface area contributed by atoms with Crippen LogP contribution in [0.2, 0.25) is 10.4 Å². The molecule has 10 heteroatoms. The highest BCUT2D eigenvalue weighted by Crippen LogP contribution is 2.20. The predicted molar refractivity (Wildman–Crippen MR) is 83.4 cm³/mol. The highest BCUT2D eigenvalue weighted by atomic mass is 35.5. The molecular formula is C12H8Cl2N6O2. The Labute approximate surface area is 131 Å². The lowest BCUT2D eigenvalue weighted by atomic mass is 10.4. The molecule has 0 radical (unpaired) electrons. The van der Waals surface area contributed by atoms with E-state index in [1.165, 1.54) is 0 Å². The Hall–Kier alpha value is -2.58.